The number of methoxy groups -OCH3 is 2. The zero-order valence-corrected chi connectivity index (χ0v) is 19.8. The maximum absolute atomic E-state index is 13.1. The molecule has 3 rings (SSSR count). The quantitative estimate of drug-likeness (QED) is 0.340. The van der Waals surface area contributed by atoms with Gasteiger partial charge in [-0.3, -0.25) is 9.59 Å². The molecule has 1 fully saturated rings. The SMILES string of the molecule is CCCN1C(=O)C(=O)/C(=C(/O)c2cccc(OCC(C)C)c2)C1c1cccc(OC)c1OC. The molecule has 0 spiro atoms. The van der Waals surface area contributed by atoms with Crippen LogP contribution in [0, 0.1) is 5.92 Å². The van der Waals surface area contributed by atoms with Crippen LogP contribution in [0.1, 0.15) is 44.4 Å². The molecule has 0 radical (unpaired) electrons. The summed E-state index contributed by atoms with van der Waals surface area (Å²) in [4.78, 5) is 27.6. The Bertz CT molecular complexity index is 1060. The first-order chi connectivity index (χ1) is 15.8. The highest BCUT2D eigenvalue weighted by Crippen LogP contribution is 2.45. The van der Waals surface area contributed by atoms with Gasteiger partial charge in [-0.2, -0.15) is 0 Å². The standard InChI is InChI=1S/C26H31NO6/c1-6-13-27-22(19-11-8-12-20(31-4)25(19)32-5)21(24(29)26(27)30)23(28)17-9-7-10-18(14-17)33-15-16(2)3/h7-12,14,16,22,28H,6,13,15H2,1-5H3/b23-21+. The van der Waals surface area contributed by atoms with E-state index in [4.69, 9.17) is 14.2 Å². The number of aliphatic hydroxyl groups excluding tert-OH is 1. The highest BCUT2D eigenvalue weighted by atomic mass is 16.5. The van der Waals surface area contributed by atoms with E-state index in [1.54, 1.807) is 42.5 Å². The number of Topliss-reactive ketones (excluding diaryl/α,β-unsaturated/α-hetero) is 1. The second-order valence-corrected chi connectivity index (χ2v) is 8.31. The van der Waals surface area contributed by atoms with E-state index in [0.29, 0.717) is 53.9 Å². The number of carbonyl (C=O) groups is 2. The first kappa shape index (κ1) is 24.2. The number of ketones is 1. The molecule has 1 saturated heterocycles. The van der Waals surface area contributed by atoms with Gasteiger partial charge in [-0.1, -0.05) is 45.0 Å². The van der Waals surface area contributed by atoms with Crippen LogP contribution < -0.4 is 14.2 Å². The van der Waals surface area contributed by atoms with Gasteiger partial charge in [0.15, 0.2) is 11.5 Å². The van der Waals surface area contributed by atoms with Gasteiger partial charge in [0.05, 0.1) is 32.4 Å². The maximum Gasteiger partial charge on any atom is 0.295 e. The maximum atomic E-state index is 13.1. The van der Waals surface area contributed by atoms with Crippen LogP contribution in [0.2, 0.25) is 0 Å². The number of para-hydroxylation sites is 1. The van der Waals surface area contributed by atoms with Gasteiger partial charge in [0, 0.05) is 17.7 Å². The highest BCUT2D eigenvalue weighted by Gasteiger charge is 2.47. The molecule has 0 bridgehead atoms. The van der Waals surface area contributed by atoms with Crippen LogP contribution in [0.15, 0.2) is 48.0 Å². The fourth-order valence-corrected chi connectivity index (χ4v) is 3.95. The van der Waals surface area contributed by atoms with Gasteiger partial charge in [0.25, 0.3) is 11.7 Å². The number of hydrogen-bond donors (Lipinski definition) is 1. The number of likely N-dealkylation sites (tertiary alicyclic amines) is 1. The lowest BCUT2D eigenvalue weighted by molar-refractivity contribution is -0.139. The van der Waals surface area contributed by atoms with Crippen molar-refractivity contribution in [1.29, 1.82) is 0 Å². The normalized spacial score (nSPS) is 17.5. The summed E-state index contributed by atoms with van der Waals surface area (Å²) >= 11 is 0. The lowest BCUT2D eigenvalue weighted by atomic mass is 9.94. The number of benzene rings is 2. The van der Waals surface area contributed by atoms with Gasteiger partial charge < -0.3 is 24.2 Å². The number of hydrogen-bond acceptors (Lipinski definition) is 6. The van der Waals surface area contributed by atoms with E-state index in [2.05, 4.69) is 0 Å². The summed E-state index contributed by atoms with van der Waals surface area (Å²) in [5.41, 5.74) is 0.983. The molecule has 7 heteroatoms. The molecule has 1 unspecified atom stereocenters. The molecule has 1 N–H and O–H groups in total. The average molecular weight is 454 g/mol. The van der Waals surface area contributed by atoms with Crippen molar-refractivity contribution in [2.75, 3.05) is 27.4 Å². The Labute approximate surface area is 194 Å². The molecule has 2 aromatic rings. The smallest absolute Gasteiger partial charge is 0.295 e. The summed E-state index contributed by atoms with van der Waals surface area (Å²) in [5, 5.41) is 11.3. The number of carbonyl (C=O) groups excluding carboxylic acids is 2. The third kappa shape index (κ3) is 4.82. The molecule has 0 aromatic heterocycles. The lowest BCUT2D eigenvalue weighted by Gasteiger charge is -2.26. The third-order valence-corrected chi connectivity index (χ3v) is 5.42. The molecule has 2 aromatic carbocycles. The number of nitrogens with zero attached hydrogens (tertiary/aromatic N) is 1. The Hall–Kier alpha value is -3.48. The molecule has 0 aliphatic carbocycles. The highest BCUT2D eigenvalue weighted by molar-refractivity contribution is 6.46. The second kappa shape index (κ2) is 10.4. The fraction of sp³-hybridized carbons (Fsp3) is 0.385. The summed E-state index contributed by atoms with van der Waals surface area (Å²) in [7, 11) is 3.02. The number of aliphatic hydroxyl groups is 1. The van der Waals surface area contributed by atoms with Gasteiger partial charge in [-0.15, -0.1) is 0 Å². The average Bonchev–Trinajstić information content (AvgIpc) is 3.06. The van der Waals surface area contributed by atoms with Crippen molar-refractivity contribution in [3.05, 3.63) is 59.2 Å². The van der Waals surface area contributed by atoms with E-state index in [-0.39, 0.29) is 11.3 Å². The van der Waals surface area contributed by atoms with Crippen LogP contribution in [0.4, 0.5) is 0 Å². The largest absolute Gasteiger partial charge is 0.507 e. The minimum Gasteiger partial charge on any atom is -0.507 e. The van der Waals surface area contributed by atoms with Gasteiger partial charge in [-0.25, -0.2) is 0 Å². The van der Waals surface area contributed by atoms with E-state index in [9.17, 15) is 14.7 Å². The Morgan fingerprint density at radius 3 is 2.45 bits per heavy atom. The Balaban J connectivity index is 2.18. The van der Waals surface area contributed by atoms with Gasteiger partial charge in [0.1, 0.15) is 11.5 Å². The van der Waals surface area contributed by atoms with Crippen molar-refractivity contribution >= 4 is 17.4 Å². The van der Waals surface area contributed by atoms with Crippen molar-refractivity contribution in [1.82, 2.24) is 4.90 Å². The predicted octanol–water partition coefficient (Wildman–Crippen LogP) is 4.57. The number of rotatable bonds is 9. The number of ether oxygens (including phenoxy) is 3. The molecular formula is C26H31NO6. The monoisotopic (exact) mass is 453 g/mol. The lowest BCUT2D eigenvalue weighted by Crippen LogP contribution is -2.30. The van der Waals surface area contributed by atoms with Gasteiger partial charge in [0.2, 0.25) is 0 Å². The van der Waals surface area contributed by atoms with Crippen molar-refractivity contribution < 1.29 is 28.9 Å². The van der Waals surface area contributed by atoms with Crippen LogP contribution in [-0.4, -0.2) is 49.1 Å². The summed E-state index contributed by atoms with van der Waals surface area (Å²) in [6, 6.07) is 11.4. The molecule has 176 valence electrons. The molecule has 33 heavy (non-hydrogen) atoms. The van der Waals surface area contributed by atoms with Crippen molar-refractivity contribution in [2.45, 2.75) is 33.2 Å². The van der Waals surface area contributed by atoms with Crippen LogP contribution in [0.25, 0.3) is 5.76 Å². The zero-order valence-electron chi connectivity index (χ0n) is 19.8. The zero-order chi connectivity index (χ0) is 24.1. The van der Waals surface area contributed by atoms with E-state index < -0.39 is 17.7 Å². The van der Waals surface area contributed by atoms with Crippen LogP contribution in [0.3, 0.4) is 0 Å². The Morgan fingerprint density at radius 1 is 1.09 bits per heavy atom. The molecule has 1 heterocycles. The molecule has 1 aliphatic heterocycles. The summed E-state index contributed by atoms with van der Waals surface area (Å²) < 4.78 is 16.8. The first-order valence-electron chi connectivity index (χ1n) is 11.1. The van der Waals surface area contributed by atoms with Crippen LogP contribution in [0.5, 0.6) is 17.2 Å². The molecule has 1 atom stereocenters. The minimum absolute atomic E-state index is 0.0148. The van der Waals surface area contributed by atoms with Gasteiger partial charge >= 0.3 is 0 Å². The van der Waals surface area contributed by atoms with Crippen LogP contribution >= 0.6 is 0 Å². The third-order valence-electron chi connectivity index (χ3n) is 5.42. The molecule has 7 nitrogen and oxygen atoms in total. The summed E-state index contributed by atoms with van der Waals surface area (Å²) in [5.74, 6) is 0.156. The van der Waals surface area contributed by atoms with Crippen LogP contribution in [-0.2, 0) is 9.59 Å². The molecular weight excluding hydrogens is 422 g/mol. The van der Waals surface area contributed by atoms with Gasteiger partial charge in [-0.05, 0) is 30.5 Å². The Morgan fingerprint density at radius 2 is 1.82 bits per heavy atom. The fourth-order valence-electron chi connectivity index (χ4n) is 3.95. The van der Waals surface area contributed by atoms with E-state index in [1.807, 2.05) is 20.8 Å². The van der Waals surface area contributed by atoms with E-state index >= 15 is 0 Å². The predicted molar refractivity (Wildman–Crippen MR) is 126 cm³/mol. The second-order valence-electron chi connectivity index (χ2n) is 8.31. The Kier molecular flexibility index (Phi) is 7.63. The van der Waals surface area contributed by atoms with E-state index in [0.717, 1.165) is 0 Å². The molecule has 1 amide bonds. The van der Waals surface area contributed by atoms with E-state index in [1.165, 1.54) is 19.1 Å². The minimum atomic E-state index is -0.810. The van der Waals surface area contributed by atoms with Crippen molar-refractivity contribution in [3.63, 3.8) is 0 Å². The van der Waals surface area contributed by atoms with Crippen molar-refractivity contribution in [3.8, 4) is 17.2 Å². The summed E-state index contributed by atoms with van der Waals surface area (Å²) in [6.07, 6.45) is 0.647. The molecule has 1 aliphatic rings. The molecule has 0 saturated carbocycles. The van der Waals surface area contributed by atoms with Crippen molar-refractivity contribution in [2.24, 2.45) is 5.92 Å². The first-order valence-corrected chi connectivity index (χ1v) is 11.1. The topological polar surface area (TPSA) is 85.3 Å². The number of amides is 1. The summed E-state index contributed by atoms with van der Waals surface area (Å²) in [6.45, 7) is 6.88.